The maximum absolute atomic E-state index is 14.0. The van der Waals surface area contributed by atoms with E-state index in [1.165, 1.54) is 12.3 Å². The van der Waals surface area contributed by atoms with E-state index in [2.05, 4.69) is 4.98 Å². The van der Waals surface area contributed by atoms with Crippen molar-refractivity contribution in [3.8, 4) is 0 Å². The van der Waals surface area contributed by atoms with Crippen LogP contribution in [0.1, 0.15) is 18.4 Å². The molecule has 1 aromatic rings. The Labute approximate surface area is 108 Å². The van der Waals surface area contributed by atoms with E-state index in [0.717, 1.165) is 0 Å². The zero-order chi connectivity index (χ0) is 14.0. The molecule has 0 unspecified atom stereocenters. The largest absolute Gasteiger partial charge is 0.391 e. The molecule has 1 aromatic heterocycles. The summed E-state index contributed by atoms with van der Waals surface area (Å²) in [5.41, 5.74) is 5.72. The highest BCUT2D eigenvalue weighted by molar-refractivity contribution is 5.43. The minimum atomic E-state index is -4.17. The molecule has 2 N–H and O–H groups in total. The molecule has 0 spiro atoms. The van der Waals surface area contributed by atoms with Crippen LogP contribution in [0.3, 0.4) is 0 Å². The van der Waals surface area contributed by atoms with E-state index < -0.39 is 17.9 Å². The number of rotatable bonds is 2. The summed E-state index contributed by atoms with van der Waals surface area (Å²) in [7, 11) is 0. The van der Waals surface area contributed by atoms with Gasteiger partial charge in [0.15, 0.2) is 11.6 Å². The summed E-state index contributed by atoms with van der Waals surface area (Å²) in [4.78, 5) is 5.46. The Morgan fingerprint density at radius 3 is 2.47 bits per heavy atom. The van der Waals surface area contributed by atoms with E-state index in [0.29, 0.717) is 5.56 Å². The minimum absolute atomic E-state index is 0.0303. The molecule has 1 aliphatic heterocycles. The van der Waals surface area contributed by atoms with E-state index in [4.69, 9.17) is 5.73 Å². The molecular formula is C12H15F4N3. The number of pyridine rings is 1. The number of nitrogens with zero attached hydrogens (tertiary/aromatic N) is 2. The first-order valence-corrected chi connectivity index (χ1v) is 6.08. The number of aromatic nitrogens is 1. The molecular weight excluding hydrogens is 262 g/mol. The monoisotopic (exact) mass is 277 g/mol. The summed E-state index contributed by atoms with van der Waals surface area (Å²) in [5.74, 6) is -1.73. The molecule has 106 valence electrons. The number of nitrogens with two attached hydrogens (primary N) is 1. The van der Waals surface area contributed by atoms with Crippen LogP contribution in [-0.4, -0.2) is 24.2 Å². The summed E-state index contributed by atoms with van der Waals surface area (Å²) in [6, 6.07) is 1.47. The van der Waals surface area contributed by atoms with Crippen molar-refractivity contribution in [1.82, 2.24) is 4.98 Å². The molecule has 0 bridgehead atoms. The summed E-state index contributed by atoms with van der Waals surface area (Å²) in [6.07, 6.45) is -2.80. The lowest BCUT2D eigenvalue weighted by atomic mass is 9.96. The third-order valence-corrected chi connectivity index (χ3v) is 3.43. The smallest absolute Gasteiger partial charge is 0.354 e. The van der Waals surface area contributed by atoms with Gasteiger partial charge in [0.25, 0.3) is 0 Å². The lowest BCUT2D eigenvalue weighted by Crippen LogP contribution is -2.39. The van der Waals surface area contributed by atoms with Gasteiger partial charge in [-0.2, -0.15) is 13.2 Å². The van der Waals surface area contributed by atoms with E-state index in [-0.39, 0.29) is 38.3 Å². The summed E-state index contributed by atoms with van der Waals surface area (Å²) < 4.78 is 51.6. The van der Waals surface area contributed by atoms with E-state index in [1.54, 1.807) is 4.90 Å². The van der Waals surface area contributed by atoms with Gasteiger partial charge in [0, 0.05) is 31.4 Å². The van der Waals surface area contributed by atoms with Crippen LogP contribution in [-0.2, 0) is 6.54 Å². The van der Waals surface area contributed by atoms with Gasteiger partial charge in [-0.3, -0.25) is 0 Å². The molecule has 1 fully saturated rings. The maximum atomic E-state index is 14.0. The van der Waals surface area contributed by atoms with Crippen LogP contribution >= 0.6 is 0 Å². The Morgan fingerprint density at radius 1 is 1.32 bits per heavy atom. The first kappa shape index (κ1) is 14.0. The number of alkyl halides is 3. The van der Waals surface area contributed by atoms with Crippen molar-refractivity contribution in [2.24, 2.45) is 11.7 Å². The second-order valence-corrected chi connectivity index (χ2v) is 4.61. The van der Waals surface area contributed by atoms with Crippen LogP contribution in [0.4, 0.5) is 23.4 Å². The minimum Gasteiger partial charge on any atom is -0.354 e. The molecule has 0 amide bonds. The van der Waals surface area contributed by atoms with Gasteiger partial charge >= 0.3 is 6.18 Å². The van der Waals surface area contributed by atoms with Crippen molar-refractivity contribution in [3.63, 3.8) is 0 Å². The van der Waals surface area contributed by atoms with Crippen molar-refractivity contribution in [1.29, 1.82) is 0 Å². The predicted octanol–water partition coefficient (Wildman–Crippen LogP) is 2.46. The zero-order valence-electron chi connectivity index (χ0n) is 10.3. The fourth-order valence-electron chi connectivity index (χ4n) is 2.27. The topological polar surface area (TPSA) is 42.1 Å². The van der Waals surface area contributed by atoms with Gasteiger partial charge in [0.2, 0.25) is 0 Å². The Morgan fingerprint density at radius 2 is 1.95 bits per heavy atom. The van der Waals surface area contributed by atoms with Crippen molar-refractivity contribution in [2.45, 2.75) is 25.6 Å². The molecule has 1 saturated heterocycles. The summed E-state index contributed by atoms with van der Waals surface area (Å²) in [6.45, 7) is 0.352. The van der Waals surface area contributed by atoms with Gasteiger partial charge in [-0.1, -0.05) is 0 Å². The van der Waals surface area contributed by atoms with Gasteiger partial charge in [0.1, 0.15) is 0 Å². The number of anilines is 1. The summed E-state index contributed by atoms with van der Waals surface area (Å²) >= 11 is 0. The second-order valence-electron chi connectivity index (χ2n) is 4.61. The van der Waals surface area contributed by atoms with Crippen LogP contribution in [0, 0.1) is 11.7 Å². The molecule has 2 rings (SSSR count). The SMILES string of the molecule is NCc1ccnc(N2CCC(C(F)(F)F)CC2)c1F. The average Bonchev–Trinajstić information content (AvgIpc) is 2.38. The van der Waals surface area contributed by atoms with E-state index in [9.17, 15) is 17.6 Å². The van der Waals surface area contributed by atoms with Gasteiger partial charge < -0.3 is 10.6 Å². The van der Waals surface area contributed by atoms with Crippen LogP contribution in [0.25, 0.3) is 0 Å². The molecule has 0 aliphatic carbocycles. The molecule has 0 radical (unpaired) electrons. The number of halogens is 4. The standard InChI is InChI=1S/C12H15F4N3/c13-10-8(7-17)1-4-18-11(10)19-5-2-9(3-6-19)12(14,15)16/h1,4,9H,2-3,5-7,17H2. The first-order valence-electron chi connectivity index (χ1n) is 6.08. The number of hydrogen-bond acceptors (Lipinski definition) is 3. The van der Waals surface area contributed by atoms with Gasteiger partial charge in [-0.15, -0.1) is 0 Å². The van der Waals surface area contributed by atoms with Crippen LogP contribution in [0.15, 0.2) is 12.3 Å². The quantitative estimate of drug-likeness (QED) is 0.844. The lowest BCUT2D eigenvalue weighted by Gasteiger charge is -2.33. The zero-order valence-corrected chi connectivity index (χ0v) is 10.3. The Bertz CT molecular complexity index is 439. The van der Waals surface area contributed by atoms with Crippen molar-refractivity contribution in [2.75, 3.05) is 18.0 Å². The molecule has 3 nitrogen and oxygen atoms in total. The van der Waals surface area contributed by atoms with Crippen LogP contribution in [0.5, 0.6) is 0 Å². The van der Waals surface area contributed by atoms with Gasteiger partial charge in [-0.05, 0) is 18.9 Å². The van der Waals surface area contributed by atoms with Crippen molar-refractivity contribution < 1.29 is 17.6 Å². The Kier molecular flexibility index (Phi) is 3.93. The highest BCUT2D eigenvalue weighted by Gasteiger charge is 2.41. The van der Waals surface area contributed by atoms with Crippen LogP contribution < -0.4 is 10.6 Å². The molecule has 0 atom stereocenters. The molecule has 2 heterocycles. The van der Waals surface area contributed by atoms with Crippen molar-refractivity contribution >= 4 is 5.82 Å². The third kappa shape index (κ3) is 2.97. The number of hydrogen-bond donors (Lipinski definition) is 1. The molecule has 0 aromatic carbocycles. The molecule has 7 heteroatoms. The third-order valence-electron chi connectivity index (χ3n) is 3.43. The maximum Gasteiger partial charge on any atom is 0.391 e. The van der Waals surface area contributed by atoms with Crippen LogP contribution in [0.2, 0.25) is 0 Å². The van der Waals surface area contributed by atoms with Crippen molar-refractivity contribution in [3.05, 3.63) is 23.6 Å². The second kappa shape index (κ2) is 5.32. The molecule has 0 saturated carbocycles. The predicted molar refractivity (Wildman–Crippen MR) is 63.1 cm³/mol. The normalized spacial score (nSPS) is 17.8. The molecule has 1 aliphatic rings. The fraction of sp³-hybridized carbons (Fsp3) is 0.583. The van der Waals surface area contributed by atoms with Gasteiger partial charge in [-0.25, -0.2) is 9.37 Å². The highest BCUT2D eigenvalue weighted by Crippen LogP contribution is 2.35. The average molecular weight is 277 g/mol. The highest BCUT2D eigenvalue weighted by atomic mass is 19.4. The molecule has 19 heavy (non-hydrogen) atoms. The van der Waals surface area contributed by atoms with E-state index in [1.807, 2.05) is 0 Å². The number of piperidine rings is 1. The Hall–Kier alpha value is -1.37. The Balaban J connectivity index is 2.10. The first-order chi connectivity index (χ1) is 8.93. The fourth-order valence-corrected chi connectivity index (χ4v) is 2.27. The van der Waals surface area contributed by atoms with E-state index >= 15 is 0 Å². The lowest BCUT2D eigenvalue weighted by molar-refractivity contribution is -0.179. The summed E-state index contributed by atoms with van der Waals surface area (Å²) in [5, 5.41) is 0. The van der Waals surface area contributed by atoms with Gasteiger partial charge in [0.05, 0.1) is 5.92 Å².